The van der Waals surface area contributed by atoms with Crippen LogP contribution in [0.5, 0.6) is 5.75 Å². The number of ether oxygens (including phenoxy) is 1. The molecule has 1 aliphatic rings. The number of para-hydroxylation sites is 1. The van der Waals surface area contributed by atoms with E-state index in [1.807, 2.05) is 44.2 Å². The minimum atomic E-state index is -3.78. The maximum absolute atomic E-state index is 13.0. The van der Waals surface area contributed by atoms with Crippen molar-refractivity contribution in [3.63, 3.8) is 0 Å². The van der Waals surface area contributed by atoms with Gasteiger partial charge in [-0.2, -0.15) is 0 Å². The number of aryl methyl sites for hydroxylation is 2. The van der Waals surface area contributed by atoms with Crippen molar-refractivity contribution in [1.29, 1.82) is 0 Å². The second-order valence-electron chi connectivity index (χ2n) is 7.61. The number of carbonyl (C=O) groups excluding carboxylic acids is 1. The molecule has 4 rings (SSSR count). The Labute approximate surface area is 192 Å². The molecule has 0 radical (unpaired) electrons. The molecule has 0 spiro atoms. The second kappa shape index (κ2) is 8.88. The number of rotatable bonds is 6. The number of carbonyl (C=O) groups is 1. The molecule has 0 aromatic heterocycles. The Morgan fingerprint density at radius 3 is 2.41 bits per heavy atom. The topological polar surface area (TPSA) is 75.7 Å². The number of amides is 1. The number of nitrogens with one attached hydrogen (secondary N) is 1. The molecule has 1 amide bonds. The van der Waals surface area contributed by atoms with Gasteiger partial charge < -0.3 is 4.74 Å². The van der Waals surface area contributed by atoms with E-state index in [1.165, 1.54) is 11.8 Å². The molecule has 1 unspecified atom stereocenters. The highest BCUT2D eigenvalue weighted by molar-refractivity contribution is 8.00. The molecular formula is C24H24N2O4S2. The lowest BCUT2D eigenvalue weighted by molar-refractivity contribution is -0.115. The number of nitrogens with zero attached hydrogens (tertiary/aromatic N) is 1. The molecule has 3 aromatic rings. The number of methoxy groups -OCH3 is 1. The molecule has 0 saturated carbocycles. The molecule has 6 nitrogen and oxygen atoms in total. The summed E-state index contributed by atoms with van der Waals surface area (Å²) in [7, 11) is -2.21. The van der Waals surface area contributed by atoms with Crippen LogP contribution >= 0.6 is 11.8 Å². The fourth-order valence-electron chi connectivity index (χ4n) is 3.63. The van der Waals surface area contributed by atoms with E-state index in [2.05, 4.69) is 4.72 Å². The summed E-state index contributed by atoms with van der Waals surface area (Å²) in [5, 5.41) is -0.393. The summed E-state index contributed by atoms with van der Waals surface area (Å²) in [5.41, 5.74) is 3.80. The third-order valence-corrected chi connectivity index (χ3v) is 7.84. The van der Waals surface area contributed by atoms with Gasteiger partial charge in [-0.25, -0.2) is 8.42 Å². The van der Waals surface area contributed by atoms with Gasteiger partial charge in [-0.15, -0.1) is 11.8 Å². The van der Waals surface area contributed by atoms with Gasteiger partial charge in [-0.05, 0) is 49.7 Å². The van der Waals surface area contributed by atoms with Crippen LogP contribution in [0.1, 0.15) is 22.1 Å². The maximum atomic E-state index is 13.0. The minimum Gasteiger partial charge on any atom is -0.495 e. The van der Waals surface area contributed by atoms with Crippen molar-refractivity contribution >= 4 is 39.1 Å². The third kappa shape index (κ3) is 4.33. The molecule has 0 bridgehead atoms. The van der Waals surface area contributed by atoms with Crippen molar-refractivity contribution < 1.29 is 17.9 Å². The van der Waals surface area contributed by atoms with E-state index < -0.39 is 15.4 Å². The van der Waals surface area contributed by atoms with Crippen molar-refractivity contribution in [2.45, 2.75) is 24.1 Å². The predicted octanol–water partition coefficient (Wildman–Crippen LogP) is 4.89. The van der Waals surface area contributed by atoms with E-state index in [9.17, 15) is 13.2 Å². The lowest BCUT2D eigenvalue weighted by atomic mass is 10.1. The normalized spacial score (nSPS) is 16.3. The summed E-state index contributed by atoms with van der Waals surface area (Å²) in [6.07, 6.45) is 0. The van der Waals surface area contributed by atoms with Gasteiger partial charge in [-0.3, -0.25) is 14.4 Å². The number of hydrogen-bond donors (Lipinski definition) is 1. The highest BCUT2D eigenvalue weighted by Gasteiger charge is 2.37. The molecule has 1 N–H and O–H groups in total. The molecule has 1 atom stereocenters. The summed E-state index contributed by atoms with van der Waals surface area (Å²) >= 11 is 1.46. The van der Waals surface area contributed by atoms with Gasteiger partial charge in [0, 0.05) is 5.56 Å². The number of thioether (sulfide) groups is 1. The Balaban J connectivity index is 1.74. The summed E-state index contributed by atoms with van der Waals surface area (Å²) in [6.45, 7) is 3.86. The average Bonchev–Trinajstić information content (AvgIpc) is 3.15. The van der Waals surface area contributed by atoms with Crippen molar-refractivity contribution in [3.05, 3.63) is 83.4 Å². The van der Waals surface area contributed by atoms with Crippen LogP contribution in [0, 0.1) is 13.8 Å². The van der Waals surface area contributed by atoms with E-state index in [-0.39, 0.29) is 10.8 Å². The van der Waals surface area contributed by atoms with Crippen molar-refractivity contribution in [2.24, 2.45) is 0 Å². The van der Waals surface area contributed by atoms with E-state index in [4.69, 9.17) is 4.74 Å². The Morgan fingerprint density at radius 2 is 1.69 bits per heavy atom. The molecular weight excluding hydrogens is 444 g/mol. The van der Waals surface area contributed by atoms with Gasteiger partial charge in [0.05, 0.1) is 29.1 Å². The Hall–Kier alpha value is -2.97. The molecule has 3 aromatic carbocycles. The highest BCUT2D eigenvalue weighted by atomic mass is 32.2. The summed E-state index contributed by atoms with van der Waals surface area (Å²) in [4.78, 5) is 14.8. The molecule has 1 aliphatic heterocycles. The first-order chi connectivity index (χ1) is 15.3. The first kappa shape index (κ1) is 22.2. The fourth-order valence-corrected chi connectivity index (χ4v) is 5.92. The number of benzene rings is 3. The zero-order valence-electron chi connectivity index (χ0n) is 18.0. The highest BCUT2D eigenvalue weighted by Crippen LogP contribution is 2.47. The predicted molar refractivity (Wildman–Crippen MR) is 129 cm³/mol. The first-order valence-electron chi connectivity index (χ1n) is 10.1. The van der Waals surface area contributed by atoms with Crippen molar-refractivity contribution in [3.8, 4) is 5.75 Å². The van der Waals surface area contributed by atoms with Gasteiger partial charge in [0.2, 0.25) is 5.91 Å². The quantitative estimate of drug-likeness (QED) is 0.557. The molecule has 166 valence electrons. The van der Waals surface area contributed by atoms with Crippen molar-refractivity contribution in [1.82, 2.24) is 0 Å². The van der Waals surface area contributed by atoms with Gasteiger partial charge in [0.15, 0.2) is 0 Å². The maximum Gasteiger partial charge on any atom is 0.261 e. The monoisotopic (exact) mass is 468 g/mol. The van der Waals surface area contributed by atoms with E-state index >= 15 is 0 Å². The smallest absolute Gasteiger partial charge is 0.261 e. The number of anilines is 2. The standard InChI is InChI=1S/C24H24N2O4S2/c1-16-8-11-18(12-9-16)32(28,29)25-20-7-5-4-6-19(20)24-26(23(27)15-31-24)21-14-17(2)10-13-22(21)30-3/h4-14,24-25H,15H2,1-3H3. The van der Waals surface area contributed by atoms with Gasteiger partial charge in [0.1, 0.15) is 11.1 Å². The Morgan fingerprint density at radius 1 is 1.00 bits per heavy atom. The number of hydrogen-bond acceptors (Lipinski definition) is 5. The van der Waals surface area contributed by atoms with Crippen LogP contribution in [0.2, 0.25) is 0 Å². The zero-order valence-corrected chi connectivity index (χ0v) is 19.7. The molecule has 32 heavy (non-hydrogen) atoms. The van der Waals surface area contributed by atoms with E-state index in [1.54, 1.807) is 48.4 Å². The van der Waals surface area contributed by atoms with Gasteiger partial charge in [0.25, 0.3) is 10.0 Å². The number of sulfonamides is 1. The molecule has 1 heterocycles. The van der Waals surface area contributed by atoms with Crippen LogP contribution in [0.3, 0.4) is 0 Å². The Bertz CT molecular complexity index is 1260. The van der Waals surface area contributed by atoms with Gasteiger partial charge >= 0.3 is 0 Å². The lowest BCUT2D eigenvalue weighted by Gasteiger charge is -2.27. The molecule has 8 heteroatoms. The van der Waals surface area contributed by atoms with Crippen LogP contribution in [-0.4, -0.2) is 27.2 Å². The van der Waals surface area contributed by atoms with Gasteiger partial charge in [-0.1, -0.05) is 42.0 Å². The van der Waals surface area contributed by atoms with Crippen LogP contribution in [0.15, 0.2) is 71.6 Å². The SMILES string of the molecule is COc1ccc(C)cc1N1C(=O)CSC1c1ccccc1NS(=O)(=O)c1ccc(C)cc1. The van der Waals surface area contributed by atoms with Crippen LogP contribution in [-0.2, 0) is 14.8 Å². The van der Waals surface area contributed by atoms with Crippen molar-refractivity contribution in [2.75, 3.05) is 22.5 Å². The summed E-state index contributed by atoms with van der Waals surface area (Å²) < 4.78 is 34.3. The minimum absolute atomic E-state index is 0.0555. The molecule has 0 aliphatic carbocycles. The third-order valence-electron chi connectivity index (χ3n) is 5.26. The van der Waals surface area contributed by atoms with Crippen LogP contribution < -0.4 is 14.4 Å². The summed E-state index contributed by atoms with van der Waals surface area (Å²) in [6, 6.07) is 19.5. The van der Waals surface area contributed by atoms with Crippen LogP contribution in [0.25, 0.3) is 0 Å². The molecule has 1 fully saturated rings. The molecule has 1 saturated heterocycles. The Kier molecular flexibility index (Phi) is 6.17. The zero-order chi connectivity index (χ0) is 22.9. The van der Waals surface area contributed by atoms with E-state index in [0.29, 0.717) is 28.4 Å². The van der Waals surface area contributed by atoms with E-state index in [0.717, 1.165) is 11.1 Å². The first-order valence-corrected chi connectivity index (χ1v) is 12.6. The summed E-state index contributed by atoms with van der Waals surface area (Å²) in [5.74, 6) is 0.829. The average molecular weight is 469 g/mol. The largest absolute Gasteiger partial charge is 0.495 e. The second-order valence-corrected chi connectivity index (χ2v) is 10.4. The lowest BCUT2D eigenvalue weighted by Crippen LogP contribution is -2.29. The fraction of sp³-hybridized carbons (Fsp3) is 0.208. The van der Waals surface area contributed by atoms with Crippen LogP contribution in [0.4, 0.5) is 11.4 Å².